The van der Waals surface area contributed by atoms with E-state index in [0.29, 0.717) is 0 Å². The van der Waals surface area contributed by atoms with E-state index in [1.807, 2.05) is 0 Å². The molecule has 0 radical (unpaired) electrons. The van der Waals surface area contributed by atoms with Gasteiger partial charge in [-0.25, -0.2) is 4.98 Å². The highest BCUT2D eigenvalue weighted by Gasteiger charge is 2.17. The van der Waals surface area contributed by atoms with Gasteiger partial charge in [-0.1, -0.05) is 18.7 Å². The SMILES string of the molecule is CC1CCC(NCCSc2ncco2)CC1. The van der Waals surface area contributed by atoms with Crippen LogP contribution < -0.4 is 5.32 Å². The Bertz CT molecular complexity index is 281. The van der Waals surface area contributed by atoms with Crippen molar-refractivity contribution in [2.75, 3.05) is 12.3 Å². The van der Waals surface area contributed by atoms with Crippen molar-refractivity contribution in [3.05, 3.63) is 12.5 Å². The molecule has 0 spiro atoms. The number of nitrogens with one attached hydrogen (secondary N) is 1. The van der Waals surface area contributed by atoms with Crippen LogP contribution in [0.1, 0.15) is 32.6 Å². The van der Waals surface area contributed by atoms with Crippen LogP contribution >= 0.6 is 11.8 Å². The standard InChI is InChI=1S/C12H20N2OS/c1-10-2-4-11(5-3-10)13-7-9-16-12-14-6-8-15-12/h6,8,10-11,13H,2-5,7,9H2,1H3. The van der Waals surface area contributed by atoms with Crippen molar-refractivity contribution in [2.45, 2.75) is 43.9 Å². The zero-order valence-corrected chi connectivity index (χ0v) is 10.6. The molecular formula is C12H20N2OS. The van der Waals surface area contributed by atoms with Crippen LogP contribution in [0.4, 0.5) is 0 Å². The van der Waals surface area contributed by atoms with Crippen molar-refractivity contribution >= 4 is 11.8 Å². The van der Waals surface area contributed by atoms with E-state index in [9.17, 15) is 0 Å². The minimum atomic E-state index is 0.737. The lowest BCUT2D eigenvalue weighted by Gasteiger charge is -2.26. The van der Waals surface area contributed by atoms with Gasteiger partial charge in [0.2, 0.25) is 0 Å². The molecule has 0 bridgehead atoms. The first-order chi connectivity index (χ1) is 7.84. The maximum atomic E-state index is 5.16. The molecular weight excluding hydrogens is 220 g/mol. The zero-order chi connectivity index (χ0) is 11.2. The van der Waals surface area contributed by atoms with Crippen LogP contribution in [0.3, 0.4) is 0 Å². The predicted molar refractivity (Wildman–Crippen MR) is 66.6 cm³/mol. The summed E-state index contributed by atoms with van der Waals surface area (Å²) in [7, 11) is 0. The van der Waals surface area contributed by atoms with Gasteiger partial charge in [0.15, 0.2) is 0 Å². The van der Waals surface area contributed by atoms with Crippen LogP contribution in [0.5, 0.6) is 0 Å². The Balaban J connectivity index is 1.55. The summed E-state index contributed by atoms with van der Waals surface area (Å²) in [5.74, 6) is 1.96. The lowest BCUT2D eigenvalue weighted by Crippen LogP contribution is -2.34. The maximum absolute atomic E-state index is 5.16. The summed E-state index contributed by atoms with van der Waals surface area (Å²) < 4.78 is 5.16. The van der Waals surface area contributed by atoms with Gasteiger partial charge in [0, 0.05) is 18.3 Å². The Kier molecular flexibility index (Phi) is 4.72. The molecule has 1 aromatic heterocycles. The van der Waals surface area contributed by atoms with Crippen LogP contribution in [0.25, 0.3) is 0 Å². The number of hydrogen-bond donors (Lipinski definition) is 1. The fraction of sp³-hybridized carbons (Fsp3) is 0.750. The summed E-state index contributed by atoms with van der Waals surface area (Å²) in [5.41, 5.74) is 0. The Morgan fingerprint density at radius 2 is 2.25 bits per heavy atom. The number of oxazole rings is 1. The molecule has 2 rings (SSSR count). The number of thioether (sulfide) groups is 1. The average molecular weight is 240 g/mol. The first-order valence-electron chi connectivity index (χ1n) is 6.10. The minimum Gasteiger partial charge on any atom is -0.440 e. The van der Waals surface area contributed by atoms with E-state index in [4.69, 9.17) is 4.42 Å². The molecule has 1 fully saturated rings. The van der Waals surface area contributed by atoms with E-state index in [1.54, 1.807) is 24.2 Å². The fourth-order valence-electron chi connectivity index (χ4n) is 2.15. The lowest BCUT2D eigenvalue weighted by molar-refractivity contribution is 0.312. The van der Waals surface area contributed by atoms with Crippen molar-refractivity contribution in [2.24, 2.45) is 5.92 Å². The third-order valence-electron chi connectivity index (χ3n) is 3.19. The van der Waals surface area contributed by atoms with Gasteiger partial charge < -0.3 is 9.73 Å². The summed E-state index contributed by atoms with van der Waals surface area (Å²) in [5, 5.41) is 4.39. The quantitative estimate of drug-likeness (QED) is 0.634. The molecule has 4 heteroatoms. The summed E-state index contributed by atoms with van der Waals surface area (Å²) in [4.78, 5) is 4.08. The van der Waals surface area contributed by atoms with Crippen LogP contribution in [0.15, 0.2) is 22.1 Å². The third-order valence-corrected chi connectivity index (χ3v) is 4.04. The smallest absolute Gasteiger partial charge is 0.255 e. The Morgan fingerprint density at radius 3 is 2.94 bits per heavy atom. The average Bonchev–Trinajstić information content (AvgIpc) is 2.80. The molecule has 0 unspecified atom stereocenters. The second-order valence-corrected chi connectivity index (χ2v) is 5.60. The molecule has 0 atom stereocenters. The number of rotatable bonds is 5. The van der Waals surface area contributed by atoms with Gasteiger partial charge in [-0.3, -0.25) is 0 Å². The summed E-state index contributed by atoms with van der Waals surface area (Å²) in [6, 6.07) is 0.737. The Hall–Kier alpha value is -0.480. The maximum Gasteiger partial charge on any atom is 0.255 e. The zero-order valence-electron chi connectivity index (χ0n) is 9.82. The van der Waals surface area contributed by atoms with Crippen molar-refractivity contribution in [3.8, 4) is 0 Å². The Morgan fingerprint density at radius 1 is 1.44 bits per heavy atom. The molecule has 0 aromatic carbocycles. The third kappa shape index (κ3) is 3.83. The normalized spacial score (nSPS) is 25.8. The monoisotopic (exact) mass is 240 g/mol. The number of aromatic nitrogens is 1. The first-order valence-corrected chi connectivity index (χ1v) is 7.09. The van der Waals surface area contributed by atoms with Gasteiger partial charge in [0.25, 0.3) is 5.22 Å². The summed E-state index contributed by atoms with van der Waals surface area (Å²) in [6.07, 6.45) is 8.75. The number of hydrogen-bond acceptors (Lipinski definition) is 4. The summed E-state index contributed by atoms with van der Waals surface area (Å²) in [6.45, 7) is 3.40. The van der Waals surface area contributed by atoms with Gasteiger partial charge in [0.05, 0.1) is 6.20 Å². The molecule has 0 aliphatic heterocycles. The molecule has 1 aromatic rings. The van der Waals surface area contributed by atoms with E-state index in [1.165, 1.54) is 25.7 Å². The molecule has 16 heavy (non-hydrogen) atoms. The largest absolute Gasteiger partial charge is 0.440 e. The van der Waals surface area contributed by atoms with E-state index in [0.717, 1.165) is 29.5 Å². The molecule has 1 saturated carbocycles. The Labute approximate surface area is 101 Å². The second kappa shape index (κ2) is 6.30. The fourth-order valence-corrected chi connectivity index (χ4v) is 2.80. The molecule has 1 heterocycles. The topological polar surface area (TPSA) is 38.1 Å². The van der Waals surface area contributed by atoms with Gasteiger partial charge in [-0.05, 0) is 31.6 Å². The van der Waals surface area contributed by atoms with Crippen LogP contribution in [-0.2, 0) is 0 Å². The molecule has 90 valence electrons. The van der Waals surface area contributed by atoms with Crippen LogP contribution in [0, 0.1) is 5.92 Å². The molecule has 3 nitrogen and oxygen atoms in total. The first kappa shape index (κ1) is 12.0. The molecule has 1 aliphatic rings. The van der Waals surface area contributed by atoms with E-state index in [-0.39, 0.29) is 0 Å². The van der Waals surface area contributed by atoms with Crippen molar-refractivity contribution in [1.82, 2.24) is 10.3 Å². The van der Waals surface area contributed by atoms with Crippen molar-refractivity contribution in [3.63, 3.8) is 0 Å². The molecule has 0 amide bonds. The van der Waals surface area contributed by atoms with Gasteiger partial charge >= 0.3 is 0 Å². The highest BCUT2D eigenvalue weighted by Crippen LogP contribution is 2.23. The van der Waals surface area contributed by atoms with E-state index >= 15 is 0 Å². The highest BCUT2D eigenvalue weighted by molar-refractivity contribution is 7.99. The van der Waals surface area contributed by atoms with Crippen molar-refractivity contribution < 1.29 is 4.42 Å². The van der Waals surface area contributed by atoms with E-state index < -0.39 is 0 Å². The second-order valence-electron chi connectivity index (χ2n) is 4.56. The molecule has 0 saturated heterocycles. The van der Waals surface area contributed by atoms with Crippen LogP contribution in [0.2, 0.25) is 0 Å². The van der Waals surface area contributed by atoms with Gasteiger partial charge in [-0.2, -0.15) is 0 Å². The minimum absolute atomic E-state index is 0.737. The van der Waals surface area contributed by atoms with Crippen LogP contribution in [-0.4, -0.2) is 23.3 Å². The molecule has 1 N–H and O–H groups in total. The lowest BCUT2D eigenvalue weighted by atomic mass is 9.87. The van der Waals surface area contributed by atoms with Gasteiger partial charge in [0.1, 0.15) is 6.26 Å². The van der Waals surface area contributed by atoms with Crippen molar-refractivity contribution in [1.29, 1.82) is 0 Å². The summed E-state index contributed by atoms with van der Waals surface area (Å²) >= 11 is 1.68. The number of nitrogens with zero attached hydrogens (tertiary/aromatic N) is 1. The predicted octanol–water partition coefficient (Wildman–Crippen LogP) is 2.94. The van der Waals surface area contributed by atoms with Gasteiger partial charge in [-0.15, -0.1) is 0 Å². The highest BCUT2D eigenvalue weighted by atomic mass is 32.2. The molecule has 1 aliphatic carbocycles. The van der Waals surface area contributed by atoms with E-state index in [2.05, 4.69) is 17.2 Å².